The van der Waals surface area contributed by atoms with Gasteiger partial charge in [0.25, 0.3) is 0 Å². The molecule has 0 aromatic rings. The highest BCUT2D eigenvalue weighted by molar-refractivity contribution is 5.95. The van der Waals surface area contributed by atoms with Gasteiger partial charge in [-0.1, -0.05) is 0 Å². The summed E-state index contributed by atoms with van der Waals surface area (Å²) in [6.07, 6.45) is 2.60. The second-order valence-corrected chi connectivity index (χ2v) is 2.50. The lowest BCUT2D eigenvalue weighted by Gasteiger charge is -1.99. The number of carboxylic acids is 1. The summed E-state index contributed by atoms with van der Waals surface area (Å²) in [7, 11) is 0. The minimum absolute atomic E-state index is 0.0549. The molecule has 2 N–H and O–H groups in total. The highest BCUT2D eigenvalue weighted by Gasteiger charge is 2.20. The molecule has 64 valence electrons. The molecule has 1 aliphatic carbocycles. The molecule has 1 atom stereocenters. The predicted octanol–water partition coefficient (Wildman–Crippen LogP) is -0.113. The van der Waals surface area contributed by atoms with Crippen molar-refractivity contribution in [1.29, 1.82) is 0 Å². The van der Waals surface area contributed by atoms with Crippen LogP contribution in [0.5, 0.6) is 0 Å². The zero-order chi connectivity index (χ0) is 9.14. The molecule has 4 nitrogen and oxygen atoms in total. The lowest BCUT2D eigenvalue weighted by Crippen LogP contribution is -2.04. The standard InChI is InChI=1S/C8H8O4/c9-6-3-5(7(10)4-6)1-2-8(11)12/h1-3,7,10H,4H2,(H,11,12)/b2-1+. The first-order valence-electron chi connectivity index (χ1n) is 3.43. The number of hydrogen-bond donors (Lipinski definition) is 2. The lowest BCUT2D eigenvalue weighted by molar-refractivity contribution is -0.131. The quantitative estimate of drug-likeness (QED) is 0.564. The molecule has 1 rings (SSSR count). The second-order valence-electron chi connectivity index (χ2n) is 2.50. The molecule has 12 heavy (non-hydrogen) atoms. The Balaban J connectivity index is 2.70. The van der Waals surface area contributed by atoms with Crippen LogP contribution in [0.3, 0.4) is 0 Å². The largest absolute Gasteiger partial charge is 0.478 e. The van der Waals surface area contributed by atoms with Crippen LogP contribution < -0.4 is 0 Å². The van der Waals surface area contributed by atoms with Crippen molar-refractivity contribution in [2.45, 2.75) is 12.5 Å². The second kappa shape index (κ2) is 3.32. The number of aliphatic carboxylic acids is 1. The molecule has 0 saturated heterocycles. The van der Waals surface area contributed by atoms with E-state index in [4.69, 9.17) is 10.2 Å². The topological polar surface area (TPSA) is 74.6 Å². The summed E-state index contributed by atoms with van der Waals surface area (Å²) < 4.78 is 0. The maximum absolute atomic E-state index is 10.7. The van der Waals surface area contributed by atoms with Gasteiger partial charge in [-0.05, 0) is 17.7 Å². The van der Waals surface area contributed by atoms with E-state index < -0.39 is 12.1 Å². The van der Waals surface area contributed by atoms with Gasteiger partial charge in [0.15, 0.2) is 5.78 Å². The molecule has 0 aromatic heterocycles. The van der Waals surface area contributed by atoms with E-state index in [-0.39, 0.29) is 12.2 Å². The number of aliphatic hydroxyl groups is 1. The highest BCUT2D eigenvalue weighted by atomic mass is 16.4. The number of hydrogen-bond acceptors (Lipinski definition) is 3. The van der Waals surface area contributed by atoms with Crippen LogP contribution in [0, 0.1) is 0 Å². The number of carbonyl (C=O) groups excluding carboxylic acids is 1. The van der Waals surface area contributed by atoms with E-state index in [0.717, 1.165) is 6.08 Å². The fraction of sp³-hybridized carbons (Fsp3) is 0.250. The van der Waals surface area contributed by atoms with Crippen LogP contribution in [-0.2, 0) is 9.59 Å². The predicted molar refractivity (Wildman–Crippen MR) is 40.5 cm³/mol. The Morgan fingerprint density at radius 3 is 2.75 bits per heavy atom. The van der Waals surface area contributed by atoms with E-state index >= 15 is 0 Å². The van der Waals surface area contributed by atoms with E-state index in [0.29, 0.717) is 5.57 Å². The van der Waals surface area contributed by atoms with Gasteiger partial charge in [0, 0.05) is 12.5 Å². The Morgan fingerprint density at radius 2 is 2.33 bits per heavy atom. The van der Waals surface area contributed by atoms with Crippen molar-refractivity contribution in [2.75, 3.05) is 0 Å². The van der Waals surface area contributed by atoms with Crippen molar-refractivity contribution in [2.24, 2.45) is 0 Å². The van der Waals surface area contributed by atoms with Gasteiger partial charge >= 0.3 is 5.97 Å². The van der Waals surface area contributed by atoms with Gasteiger partial charge in [-0.25, -0.2) is 4.79 Å². The fourth-order valence-electron chi connectivity index (χ4n) is 0.976. The fourth-order valence-corrected chi connectivity index (χ4v) is 0.976. The Labute approximate surface area is 68.8 Å². The smallest absolute Gasteiger partial charge is 0.328 e. The third-order valence-electron chi connectivity index (χ3n) is 1.53. The van der Waals surface area contributed by atoms with Crippen LogP contribution in [0.25, 0.3) is 0 Å². The van der Waals surface area contributed by atoms with E-state index in [2.05, 4.69) is 0 Å². The van der Waals surface area contributed by atoms with Crippen LogP contribution in [0.4, 0.5) is 0 Å². The Kier molecular flexibility index (Phi) is 2.40. The first-order chi connectivity index (χ1) is 5.59. The normalized spacial score (nSPS) is 23.2. The van der Waals surface area contributed by atoms with Gasteiger partial charge in [-0.15, -0.1) is 0 Å². The summed E-state index contributed by atoms with van der Waals surface area (Å²) >= 11 is 0. The number of allylic oxidation sites excluding steroid dienone is 1. The molecule has 0 aliphatic heterocycles. The van der Waals surface area contributed by atoms with Gasteiger partial charge in [-0.3, -0.25) is 4.79 Å². The molecule has 0 radical (unpaired) electrons. The average molecular weight is 168 g/mol. The molecule has 0 bridgehead atoms. The maximum atomic E-state index is 10.7. The monoisotopic (exact) mass is 168 g/mol. The highest BCUT2D eigenvalue weighted by Crippen LogP contribution is 2.16. The minimum atomic E-state index is -1.09. The summed E-state index contributed by atoms with van der Waals surface area (Å²) in [6.45, 7) is 0. The van der Waals surface area contributed by atoms with Crippen molar-refractivity contribution in [3.63, 3.8) is 0 Å². The van der Waals surface area contributed by atoms with Crippen LogP contribution in [0.2, 0.25) is 0 Å². The first-order valence-corrected chi connectivity index (χ1v) is 3.43. The third-order valence-corrected chi connectivity index (χ3v) is 1.53. The SMILES string of the molecule is O=C(O)/C=C/C1=CC(=O)CC1O. The summed E-state index contributed by atoms with van der Waals surface area (Å²) in [5.74, 6) is -1.27. The molecule has 0 amide bonds. The van der Waals surface area contributed by atoms with E-state index in [1.165, 1.54) is 12.2 Å². The van der Waals surface area contributed by atoms with Crippen molar-refractivity contribution < 1.29 is 19.8 Å². The molecular formula is C8H8O4. The summed E-state index contributed by atoms with van der Waals surface area (Å²) in [5.41, 5.74) is 0.363. The molecule has 0 spiro atoms. The van der Waals surface area contributed by atoms with Crippen LogP contribution in [0.15, 0.2) is 23.8 Å². The van der Waals surface area contributed by atoms with Gasteiger partial charge in [0.1, 0.15) is 0 Å². The van der Waals surface area contributed by atoms with Gasteiger partial charge < -0.3 is 10.2 Å². The van der Waals surface area contributed by atoms with Gasteiger partial charge in [0.2, 0.25) is 0 Å². The number of carbonyl (C=O) groups is 2. The van der Waals surface area contributed by atoms with Crippen molar-refractivity contribution in [3.8, 4) is 0 Å². The molecule has 1 unspecified atom stereocenters. The van der Waals surface area contributed by atoms with Crippen LogP contribution in [0.1, 0.15) is 6.42 Å². The van der Waals surface area contributed by atoms with Crippen molar-refractivity contribution in [1.82, 2.24) is 0 Å². The third kappa shape index (κ3) is 2.03. The van der Waals surface area contributed by atoms with Crippen LogP contribution >= 0.6 is 0 Å². The number of rotatable bonds is 2. The minimum Gasteiger partial charge on any atom is -0.478 e. The molecule has 0 fully saturated rings. The Morgan fingerprint density at radius 1 is 1.67 bits per heavy atom. The maximum Gasteiger partial charge on any atom is 0.328 e. The van der Waals surface area contributed by atoms with Gasteiger partial charge in [-0.2, -0.15) is 0 Å². The average Bonchev–Trinajstić information content (AvgIpc) is 2.26. The molecule has 1 aliphatic rings. The van der Waals surface area contributed by atoms with Gasteiger partial charge in [0.05, 0.1) is 6.10 Å². The summed E-state index contributed by atoms with van der Waals surface area (Å²) in [6, 6.07) is 0. The molecule has 4 heteroatoms. The lowest BCUT2D eigenvalue weighted by atomic mass is 10.2. The Hall–Kier alpha value is -1.42. The van der Waals surface area contributed by atoms with Crippen LogP contribution in [-0.4, -0.2) is 28.1 Å². The Bertz CT molecular complexity index is 275. The molecular weight excluding hydrogens is 160 g/mol. The zero-order valence-corrected chi connectivity index (χ0v) is 6.23. The van der Waals surface area contributed by atoms with E-state index in [1.54, 1.807) is 0 Å². The number of aliphatic hydroxyl groups excluding tert-OH is 1. The zero-order valence-electron chi connectivity index (χ0n) is 6.23. The summed E-state index contributed by atoms with van der Waals surface area (Å²) in [4.78, 5) is 20.8. The van der Waals surface area contributed by atoms with Crippen molar-refractivity contribution in [3.05, 3.63) is 23.8 Å². The molecule has 0 saturated carbocycles. The van der Waals surface area contributed by atoms with E-state index in [9.17, 15) is 9.59 Å². The molecule has 0 aromatic carbocycles. The van der Waals surface area contributed by atoms with E-state index in [1.807, 2.05) is 0 Å². The van der Waals surface area contributed by atoms with Crippen molar-refractivity contribution >= 4 is 11.8 Å². The number of ketones is 1. The summed E-state index contributed by atoms with van der Waals surface area (Å²) in [5, 5.41) is 17.4. The molecule has 0 heterocycles. The number of carboxylic acid groups (broad SMARTS) is 1. The first kappa shape index (κ1) is 8.67.